The number of amides is 2. The molecule has 2 aromatic rings. The lowest BCUT2D eigenvalue weighted by Gasteiger charge is -2.49. The van der Waals surface area contributed by atoms with Crippen molar-refractivity contribution in [3.05, 3.63) is 70.1 Å². The monoisotopic (exact) mass is 462 g/mol. The van der Waals surface area contributed by atoms with Crippen LogP contribution in [0.1, 0.15) is 62.1 Å². The van der Waals surface area contributed by atoms with Crippen LogP contribution in [0.5, 0.6) is 0 Å². The fraction of sp³-hybridized carbons (Fsp3) is 0.571. The number of hydrogen-bond acceptors (Lipinski definition) is 3. The van der Waals surface area contributed by atoms with E-state index < -0.39 is 0 Å². The predicted molar refractivity (Wildman–Crippen MR) is 135 cm³/mol. The van der Waals surface area contributed by atoms with Crippen LogP contribution in [0, 0.1) is 18.3 Å². The number of nitrogens with zero attached hydrogens (tertiary/aromatic N) is 3. The molecular weight excluding hydrogens is 424 g/mol. The molecule has 2 aliphatic heterocycles. The number of piperidine rings is 2. The van der Waals surface area contributed by atoms with Crippen molar-refractivity contribution in [2.75, 3.05) is 19.6 Å². The van der Waals surface area contributed by atoms with E-state index in [1.165, 1.54) is 18.4 Å². The Kier molecular flexibility index (Phi) is 6.52. The van der Waals surface area contributed by atoms with Gasteiger partial charge in [0.2, 0.25) is 0 Å². The van der Waals surface area contributed by atoms with E-state index in [1.54, 1.807) is 6.07 Å². The minimum Gasteiger partial charge on any atom is -0.328 e. The van der Waals surface area contributed by atoms with Crippen LogP contribution < -0.4 is 11.3 Å². The highest BCUT2D eigenvalue weighted by atomic mass is 16.2. The molecule has 1 saturated carbocycles. The lowest BCUT2D eigenvalue weighted by atomic mass is 9.69. The number of carbonyl (C=O) groups excluding carboxylic acids is 1. The maximum Gasteiger partial charge on any atom is 0.320 e. The lowest BCUT2D eigenvalue weighted by molar-refractivity contribution is 0.0215. The molecule has 1 aliphatic carbocycles. The second kappa shape index (κ2) is 9.57. The number of likely N-dealkylation sites (tertiary alicyclic amines) is 2. The van der Waals surface area contributed by atoms with Gasteiger partial charge in [-0.3, -0.25) is 4.79 Å². The first-order valence-corrected chi connectivity index (χ1v) is 13.0. The van der Waals surface area contributed by atoms with Crippen LogP contribution in [0.3, 0.4) is 0 Å². The van der Waals surface area contributed by atoms with Gasteiger partial charge in [0, 0.05) is 44.5 Å². The summed E-state index contributed by atoms with van der Waals surface area (Å²) in [4.78, 5) is 30.7. The minimum absolute atomic E-state index is 0.0424. The molecular formula is C28H38N4O2. The van der Waals surface area contributed by atoms with Crippen molar-refractivity contribution in [3.63, 3.8) is 0 Å². The first-order chi connectivity index (χ1) is 16.4. The molecule has 3 aliphatic rings. The summed E-state index contributed by atoms with van der Waals surface area (Å²) in [6.45, 7) is 5.00. The summed E-state index contributed by atoms with van der Waals surface area (Å²) < 4.78 is 1.88. The van der Waals surface area contributed by atoms with E-state index in [9.17, 15) is 9.59 Å². The molecule has 3 fully saturated rings. The Morgan fingerprint density at radius 3 is 2.59 bits per heavy atom. The molecule has 182 valence electrons. The van der Waals surface area contributed by atoms with Crippen molar-refractivity contribution in [1.29, 1.82) is 0 Å². The van der Waals surface area contributed by atoms with E-state index in [2.05, 4.69) is 21.9 Å². The van der Waals surface area contributed by atoms with E-state index >= 15 is 0 Å². The Morgan fingerprint density at radius 2 is 1.85 bits per heavy atom. The molecule has 2 N–H and O–H groups in total. The zero-order valence-electron chi connectivity index (χ0n) is 20.4. The zero-order valence-corrected chi connectivity index (χ0v) is 20.4. The van der Waals surface area contributed by atoms with Gasteiger partial charge in [-0.05, 0) is 67.6 Å². The van der Waals surface area contributed by atoms with Gasteiger partial charge in [-0.25, -0.2) is 4.79 Å². The molecule has 34 heavy (non-hydrogen) atoms. The van der Waals surface area contributed by atoms with Gasteiger partial charge in [0.15, 0.2) is 0 Å². The van der Waals surface area contributed by atoms with Gasteiger partial charge in [0.25, 0.3) is 5.56 Å². The van der Waals surface area contributed by atoms with Gasteiger partial charge in [0.1, 0.15) is 0 Å². The number of rotatable bonds is 3. The van der Waals surface area contributed by atoms with Crippen LogP contribution in [0.25, 0.3) is 0 Å². The van der Waals surface area contributed by atoms with E-state index in [0.29, 0.717) is 12.5 Å². The van der Waals surface area contributed by atoms with Crippen molar-refractivity contribution in [2.24, 2.45) is 17.1 Å². The number of aromatic nitrogens is 1. The molecule has 5 rings (SSSR count). The number of benzene rings is 1. The summed E-state index contributed by atoms with van der Waals surface area (Å²) in [5.41, 5.74) is 8.72. The van der Waals surface area contributed by atoms with Crippen molar-refractivity contribution >= 4 is 6.03 Å². The van der Waals surface area contributed by atoms with Crippen LogP contribution in [0.15, 0.2) is 53.5 Å². The fourth-order valence-electron chi connectivity index (χ4n) is 6.69. The number of pyridine rings is 1. The van der Waals surface area contributed by atoms with Crippen molar-refractivity contribution in [1.82, 2.24) is 14.4 Å². The third-order valence-corrected chi connectivity index (χ3v) is 8.63. The molecule has 1 aromatic carbocycles. The summed E-state index contributed by atoms with van der Waals surface area (Å²) in [7, 11) is 0. The molecule has 1 spiro atoms. The molecule has 3 heterocycles. The normalized spacial score (nSPS) is 26.7. The van der Waals surface area contributed by atoms with Crippen LogP contribution in [0.2, 0.25) is 0 Å². The number of nitrogens with two attached hydrogens (primary N) is 1. The molecule has 0 radical (unpaired) electrons. The van der Waals surface area contributed by atoms with E-state index in [1.807, 2.05) is 42.0 Å². The topological polar surface area (TPSA) is 71.6 Å². The fourth-order valence-corrected chi connectivity index (χ4v) is 6.69. The second-order valence-electron chi connectivity index (χ2n) is 10.9. The second-order valence-corrected chi connectivity index (χ2v) is 10.9. The Morgan fingerprint density at radius 1 is 1.09 bits per heavy atom. The number of urea groups is 1. The van der Waals surface area contributed by atoms with E-state index in [4.69, 9.17) is 5.73 Å². The zero-order chi connectivity index (χ0) is 23.7. The lowest BCUT2D eigenvalue weighted by Crippen LogP contribution is -2.56. The van der Waals surface area contributed by atoms with Crippen molar-refractivity contribution in [3.8, 4) is 0 Å². The first kappa shape index (κ1) is 23.2. The highest BCUT2D eigenvalue weighted by Gasteiger charge is 2.47. The van der Waals surface area contributed by atoms with Crippen LogP contribution in [-0.4, -0.2) is 46.1 Å². The van der Waals surface area contributed by atoms with Gasteiger partial charge >= 0.3 is 6.03 Å². The Balaban J connectivity index is 1.35. The van der Waals surface area contributed by atoms with Crippen molar-refractivity contribution in [2.45, 2.75) is 70.5 Å². The van der Waals surface area contributed by atoms with Gasteiger partial charge < -0.3 is 20.1 Å². The molecule has 3 atom stereocenters. The first-order valence-electron chi connectivity index (χ1n) is 13.0. The number of aryl methyl sites for hydroxylation is 1. The van der Waals surface area contributed by atoms with Crippen LogP contribution >= 0.6 is 0 Å². The SMILES string of the molecule is Cc1ccn(CC2CCN(C(=O)N3CC[C@@H](N)C[C@H]3c3ccccc3)CC23CCCC3)c(=O)c1. The quantitative estimate of drug-likeness (QED) is 0.738. The highest BCUT2D eigenvalue weighted by molar-refractivity contribution is 5.75. The van der Waals surface area contributed by atoms with Gasteiger partial charge in [-0.1, -0.05) is 43.2 Å². The summed E-state index contributed by atoms with van der Waals surface area (Å²) in [6.07, 6.45) is 9.29. The molecule has 2 amide bonds. The van der Waals surface area contributed by atoms with Crippen LogP contribution in [0.4, 0.5) is 4.79 Å². The molecule has 6 nitrogen and oxygen atoms in total. The van der Waals surface area contributed by atoms with Gasteiger partial charge in [0.05, 0.1) is 6.04 Å². The maximum absolute atomic E-state index is 13.9. The average molecular weight is 463 g/mol. The number of carbonyl (C=O) groups is 1. The average Bonchev–Trinajstić information content (AvgIpc) is 3.31. The third-order valence-electron chi connectivity index (χ3n) is 8.63. The van der Waals surface area contributed by atoms with Crippen molar-refractivity contribution < 1.29 is 4.79 Å². The van der Waals surface area contributed by atoms with E-state index in [-0.39, 0.29) is 29.1 Å². The Bertz CT molecular complexity index is 1060. The standard InChI is InChI=1S/C28H38N4O2/c1-21-9-14-30(26(33)17-21)19-23-10-15-31(20-28(23)12-5-6-13-28)27(34)32-16-11-24(29)18-25(32)22-7-3-2-4-8-22/h2-4,7-9,14,17,23-25H,5-6,10-13,15-16,18-20,29H2,1H3/t23?,24-,25+/m1/s1. The minimum atomic E-state index is 0.0424. The summed E-state index contributed by atoms with van der Waals surface area (Å²) >= 11 is 0. The smallest absolute Gasteiger partial charge is 0.320 e. The van der Waals surface area contributed by atoms with E-state index in [0.717, 1.165) is 57.3 Å². The number of hydrogen-bond donors (Lipinski definition) is 1. The van der Waals surface area contributed by atoms with Gasteiger partial charge in [-0.15, -0.1) is 0 Å². The Hall–Kier alpha value is -2.60. The molecule has 2 saturated heterocycles. The summed E-state index contributed by atoms with van der Waals surface area (Å²) in [5, 5.41) is 0. The Labute approximate surface area is 202 Å². The highest BCUT2D eigenvalue weighted by Crippen LogP contribution is 2.49. The summed E-state index contributed by atoms with van der Waals surface area (Å²) in [5.74, 6) is 0.430. The molecule has 0 bridgehead atoms. The maximum atomic E-state index is 13.9. The van der Waals surface area contributed by atoms with Crippen LogP contribution in [-0.2, 0) is 6.54 Å². The predicted octanol–water partition coefficient (Wildman–Crippen LogP) is 4.32. The summed E-state index contributed by atoms with van der Waals surface area (Å²) in [6, 6.07) is 14.4. The molecule has 1 unspecified atom stereocenters. The largest absolute Gasteiger partial charge is 0.328 e. The molecule has 6 heteroatoms. The third kappa shape index (κ3) is 4.52. The van der Waals surface area contributed by atoms with Gasteiger partial charge in [-0.2, -0.15) is 0 Å². The molecule has 1 aromatic heterocycles.